The molecule has 1 heterocycles. The molecule has 1 saturated heterocycles. The lowest BCUT2D eigenvalue weighted by Crippen LogP contribution is -2.46. The molecule has 18 heavy (non-hydrogen) atoms. The van der Waals surface area contributed by atoms with Crippen LogP contribution in [-0.4, -0.2) is 40.6 Å². The molecule has 1 fully saturated rings. The summed E-state index contributed by atoms with van der Waals surface area (Å²) in [5.41, 5.74) is -1.17. The van der Waals surface area contributed by atoms with Crippen LogP contribution in [0.2, 0.25) is 0 Å². The van der Waals surface area contributed by atoms with Crippen molar-refractivity contribution in [1.29, 1.82) is 0 Å². The zero-order chi connectivity index (χ0) is 13.8. The van der Waals surface area contributed by atoms with E-state index in [4.69, 9.17) is 5.11 Å². The number of hydrogen-bond donors (Lipinski definition) is 3. The Labute approximate surface area is 110 Å². The van der Waals surface area contributed by atoms with E-state index in [1.807, 2.05) is 0 Å². The summed E-state index contributed by atoms with van der Waals surface area (Å²) in [6.07, 6.45) is 0.669. The van der Waals surface area contributed by atoms with Crippen LogP contribution in [0.4, 0.5) is 4.79 Å². The Morgan fingerprint density at radius 3 is 2.56 bits per heavy atom. The SMILES string of the molecule is CC(C)(CC(=O)NC(=O)NC1CCSC1)C(=O)O. The molecule has 6 nitrogen and oxygen atoms in total. The van der Waals surface area contributed by atoms with Crippen LogP contribution in [0.3, 0.4) is 0 Å². The van der Waals surface area contributed by atoms with Gasteiger partial charge in [0.1, 0.15) is 0 Å². The second kappa shape index (κ2) is 6.08. The smallest absolute Gasteiger partial charge is 0.321 e. The molecule has 1 aliphatic heterocycles. The van der Waals surface area contributed by atoms with Crippen molar-refractivity contribution in [1.82, 2.24) is 10.6 Å². The summed E-state index contributed by atoms with van der Waals surface area (Å²) in [7, 11) is 0. The number of amides is 3. The van der Waals surface area contributed by atoms with Gasteiger partial charge in [-0.05, 0) is 26.0 Å². The highest BCUT2D eigenvalue weighted by molar-refractivity contribution is 7.99. The highest BCUT2D eigenvalue weighted by atomic mass is 32.2. The number of rotatable bonds is 4. The number of imide groups is 1. The number of thioether (sulfide) groups is 1. The molecule has 0 aromatic heterocycles. The summed E-state index contributed by atoms with van der Waals surface area (Å²) in [4.78, 5) is 33.8. The molecule has 0 bridgehead atoms. The van der Waals surface area contributed by atoms with Crippen LogP contribution in [0.5, 0.6) is 0 Å². The van der Waals surface area contributed by atoms with Gasteiger partial charge in [0.25, 0.3) is 0 Å². The third-order valence-corrected chi connectivity index (χ3v) is 3.86. The van der Waals surface area contributed by atoms with Gasteiger partial charge in [0.05, 0.1) is 5.41 Å². The number of aliphatic carboxylic acids is 1. The number of hydrogen-bond acceptors (Lipinski definition) is 4. The standard InChI is InChI=1S/C11H18N2O4S/c1-11(2,9(15)16)5-8(14)13-10(17)12-7-3-4-18-6-7/h7H,3-6H2,1-2H3,(H,15,16)(H2,12,13,14,17). The summed E-state index contributed by atoms with van der Waals surface area (Å²) < 4.78 is 0. The molecule has 1 atom stereocenters. The number of carboxylic acid groups (broad SMARTS) is 1. The molecule has 0 aromatic rings. The normalized spacial score (nSPS) is 19.3. The van der Waals surface area contributed by atoms with Crippen molar-refractivity contribution in [2.24, 2.45) is 5.41 Å². The van der Waals surface area contributed by atoms with E-state index in [9.17, 15) is 14.4 Å². The Kier molecular flexibility index (Phi) is 5.01. The van der Waals surface area contributed by atoms with Crippen molar-refractivity contribution in [3.8, 4) is 0 Å². The first-order valence-electron chi connectivity index (χ1n) is 5.73. The first kappa shape index (κ1) is 14.8. The maximum absolute atomic E-state index is 11.5. The molecular weight excluding hydrogens is 256 g/mol. The fourth-order valence-electron chi connectivity index (χ4n) is 1.52. The first-order chi connectivity index (χ1) is 8.31. The molecule has 0 saturated carbocycles. The molecule has 1 unspecified atom stereocenters. The van der Waals surface area contributed by atoms with Gasteiger partial charge in [-0.2, -0.15) is 11.8 Å². The third-order valence-electron chi connectivity index (χ3n) is 2.70. The van der Waals surface area contributed by atoms with Crippen LogP contribution >= 0.6 is 11.8 Å². The molecule has 0 aliphatic carbocycles. The minimum atomic E-state index is -1.17. The molecule has 0 aromatic carbocycles. The van der Waals surface area contributed by atoms with E-state index < -0.39 is 23.3 Å². The van der Waals surface area contributed by atoms with Crippen molar-refractivity contribution in [3.63, 3.8) is 0 Å². The van der Waals surface area contributed by atoms with E-state index in [1.165, 1.54) is 13.8 Å². The predicted molar refractivity (Wildman–Crippen MR) is 68.4 cm³/mol. The highest BCUT2D eigenvalue weighted by Crippen LogP contribution is 2.20. The van der Waals surface area contributed by atoms with E-state index in [0.717, 1.165) is 17.9 Å². The van der Waals surface area contributed by atoms with Gasteiger partial charge >= 0.3 is 12.0 Å². The minimum Gasteiger partial charge on any atom is -0.481 e. The summed E-state index contributed by atoms with van der Waals surface area (Å²) in [6.45, 7) is 2.89. The van der Waals surface area contributed by atoms with Gasteiger partial charge < -0.3 is 10.4 Å². The maximum Gasteiger partial charge on any atom is 0.321 e. The Balaban J connectivity index is 2.35. The monoisotopic (exact) mass is 274 g/mol. The maximum atomic E-state index is 11.5. The van der Waals surface area contributed by atoms with E-state index in [2.05, 4.69) is 10.6 Å². The van der Waals surface area contributed by atoms with Gasteiger partial charge in [0, 0.05) is 18.2 Å². The van der Waals surface area contributed by atoms with Gasteiger partial charge in [-0.1, -0.05) is 0 Å². The molecule has 3 N–H and O–H groups in total. The number of urea groups is 1. The summed E-state index contributed by atoms with van der Waals surface area (Å²) in [6, 6.07) is -0.455. The summed E-state index contributed by atoms with van der Waals surface area (Å²) >= 11 is 1.75. The molecule has 0 radical (unpaired) electrons. The lowest BCUT2D eigenvalue weighted by Gasteiger charge is -2.18. The number of carbonyl (C=O) groups is 3. The molecule has 102 valence electrons. The summed E-state index contributed by atoms with van der Waals surface area (Å²) in [5, 5.41) is 13.7. The van der Waals surface area contributed by atoms with Crippen LogP contribution in [0.25, 0.3) is 0 Å². The van der Waals surface area contributed by atoms with Crippen LogP contribution in [-0.2, 0) is 9.59 Å². The van der Waals surface area contributed by atoms with Crippen LogP contribution < -0.4 is 10.6 Å². The fraction of sp³-hybridized carbons (Fsp3) is 0.727. The van der Waals surface area contributed by atoms with Crippen LogP contribution in [0.15, 0.2) is 0 Å². The predicted octanol–water partition coefficient (Wildman–Crippen LogP) is 0.819. The number of carboxylic acids is 1. The lowest BCUT2D eigenvalue weighted by molar-refractivity contribution is -0.149. The Hall–Kier alpha value is -1.24. The average molecular weight is 274 g/mol. The Morgan fingerprint density at radius 2 is 2.06 bits per heavy atom. The fourth-order valence-corrected chi connectivity index (χ4v) is 2.67. The van der Waals surface area contributed by atoms with E-state index in [0.29, 0.717) is 0 Å². The van der Waals surface area contributed by atoms with Crippen LogP contribution in [0.1, 0.15) is 26.7 Å². The van der Waals surface area contributed by atoms with Crippen molar-refractivity contribution in [2.75, 3.05) is 11.5 Å². The lowest BCUT2D eigenvalue weighted by atomic mass is 9.89. The highest BCUT2D eigenvalue weighted by Gasteiger charge is 2.31. The largest absolute Gasteiger partial charge is 0.481 e. The van der Waals surface area contributed by atoms with Crippen molar-refractivity contribution in [2.45, 2.75) is 32.7 Å². The molecule has 1 rings (SSSR count). The molecule has 3 amide bonds. The van der Waals surface area contributed by atoms with Gasteiger partial charge in [0.15, 0.2) is 0 Å². The van der Waals surface area contributed by atoms with E-state index in [1.54, 1.807) is 11.8 Å². The third kappa shape index (κ3) is 4.56. The van der Waals surface area contributed by atoms with Crippen molar-refractivity contribution >= 4 is 29.7 Å². The topological polar surface area (TPSA) is 95.5 Å². The zero-order valence-electron chi connectivity index (χ0n) is 10.5. The summed E-state index contributed by atoms with van der Waals surface area (Å²) in [5.74, 6) is 0.212. The van der Waals surface area contributed by atoms with Crippen LogP contribution in [0, 0.1) is 5.41 Å². The molecule has 1 aliphatic rings. The van der Waals surface area contributed by atoms with E-state index in [-0.39, 0.29) is 12.5 Å². The quantitative estimate of drug-likeness (QED) is 0.705. The average Bonchev–Trinajstić information content (AvgIpc) is 2.68. The molecule has 7 heteroatoms. The number of carbonyl (C=O) groups excluding carboxylic acids is 2. The van der Waals surface area contributed by atoms with Gasteiger partial charge in [-0.25, -0.2) is 4.79 Å². The second-order valence-corrected chi connectivity index (χ2v) is 6.10. The Bertz CT molecular complexity index is 351. The first-order valence-corrected chi connectivity index (χ1v) is 6.88. The number of nitrogens with one attached hydrogen (secondary N) is 2. The van der Waals surface area contributed by atoms with Crippen molar-refractivity contribution < 1.29 is 19.5 Å². The second-order valence-electron chi connectivity index (χ2n) is 4.95. The van der Waals surface area contributed by atoms with Gasteiger partial charge in [0.2, 0.25) is 5.91 Å². The Morgan fingerprint density at radius 1 is 1.39 bits per heavy atom. The van der Waals surface area contributed by atoms with Gasteiger partial charge in [-0.3, -0.25) is 14.9 Å². The van der Waals surface area contributed by atoms with Gasteiger partial charge in [-0.15, -0.1) is 0 Å². The molecule has 0 spiro atoms. The van der Waals surface area contributed by atoms with Crippen molar-refractivity contribution in [3.05, 3.63) is 0 Å². The molecular formula is C11H18N2O4S. The van der Waals surface area contributed by atoms with E-state index >= 15 is 0 Å². The minimum absolute atomic E-state index is 0.0929. The zero-order valence-corrected chi connectivity index (χ0v) is 11.3.